The molecule has 2 heterocycles. The molecule has 1 aromatic carbocycles. The first kappa shape index (κ1) is 44.6. The van der Waals surface area contributed by atoms with Crippen molar-refractivity contribution >= 4 is 81.6 Å². The van der Waals surface area contributed by atoms with Gasteiger partial charge in [-0.25, -0.2) is 19.0 Å². The maximum Gasteiger partial charge on any atom is 0.408 e. The first-order chi connectivity index (χ1) is 24.9. The van der Waals surface area contributed by atoms with Crippen molar-refractivity contribution in [2.75, 3.05) is 13.2 Å². The van der Waals surface area contributed by atoms with Crippen LogP contribution in [-0.4, -0.2) is 87.0 Å². The Kier molecular flexibility index (Phi) is 15.4. The summed E-state index contributed by atoms with van der Waals surface area (Å²) in [7, 11) is 0. The fourth-order valence-corrected chi connectivity index (χ4v) is 5.21. The molecule has 1 aromatic heterocycles. The molecule has 1 aliphatic rings. The van der Waals surface area contributed by atoms with E-state index in [2.05, 4.69) is 21.0 Å². The standard InChI is InChI=1S/C36H46Cl3F2N5O8/c1-20(43-33(51)54-34(3,4)5)24-13-12-23-11-10-22(17-26(23)44-24)14-15-35(6,7)32(50)53-27(18-28(40)41)29(47)42-21(2)30(48)46-16-8-9-25(45-46)31(49)52-19-36(37,38)39/h10-15,17,20-21,25,27-28,45H,8-9,16,18-19H2,1-7H3,(H,42,47)(H,43,51)/b15-14+/t20-,21+,25+,27+/m1/s1. The second-order valence-electron chi connectivity index (χ2n) is 14.4. The topological polar surface area (TPSA) is 165 Å². The SMILES string of the molecule is C[C@H](NC(=O)[C@H](CC(F)F)OC(=O)C(C)(C)/C=C/c1ccc2ccc([C@@H](C)NC(=O)OC(C)(C)C)nc2c1)C(=O)N1CCC[C@@H](C(=O)OCC(Cl)(Cl)Cl)N1. The van der Waals surface area contributed by atoms with Crippen LogP contribution in [-0.2, 0) is 33.4 Å². The van der Waals surface area contributed by atoms with E-state index in [9.17, 15) is 32.8 Å². The third-order valence-corrected chi connectivity index (χ3v) is 8.24. The van der Waals surface area contributed by atoms with Gasteiger partial charge in [0, 0.05) is 11.9 Å². The molecule has 2 aromatic rings. The molecule has 1 aliphatic heterocycles. The molecule has 18 heteroatoms. The molecule has 1 fully saturated rings. The predicted octanol–water partition coefficient (Wildman–Crippen LogP) is 6.34. The summed E-state index contributed by atoms with van der Waals surface area (Å²) in [5.74, 6) is -3.51. The second-order valence-corrected chi connectivity index (χ2v) is 16.9. The monoisotopic (exact) mass is 819 g/mol. The van der Waals surface area contributed by atoms with Gasteiger partial charge < -0.3 is 24.8 Å². The van der Waals surface area contributed by atoms with E-state index in [1.807, 2.05) is 12.1 Å². The van der Waals surface area contributed by atoms with Crippen molar-refractivity contribution < 1.29 is 47.0 Å². The normalized spacial score (nSPS) is 17.1. The fourth-order valence-electron chi connectivity index (χ4n) is 5.05. The summed E-state index contributed by atoms with van der Waals surface area (Å²) >= 11 is 16.9. The zero-order valence-corrected chi connectivity index (χ0v) is 33.3. The van der Waals surface area contributed by atoms with Crippen LogP contribution >= 0.6 is 34.8 Å². The number of carbonyl (C=O) groups is 5. The molecule has 3 rings (SSSR count). The number of aromatic nitrogens is 1. The number of benzene rings is 1. The number of pyridine rings is 1. The second kappa shape index (κ2) is 18.7. The van der Waals surface area contributed by atoms with Gasteiger partial charge >= 0.3 is 18.0 Å². The van der Waals surface area contributed by atoms with Gasteiger partial charge in [-0.3, -0.25) is 29.2 Å². The number of rotatable bonds is 13. The summed E-state index contributed by atoms with van der Waals surface area (Å²) in [6.45, 7) is 11.0. The van der Waals surface area contributed by atoms with Crippen LogP contribution in [0, 0.1) is 5.41 Å². The van der Waals surface area contributed by atoms with Gasteiger partial charge in [-0.1, -0.05) is 65.2 Å². The molecule has 0 radical (unpaired) electrons. The molecule has 3 N–H and O–H groups in total. The van der Waals surface area contributed by atoms with Gasteiger partial charge in [0.05, 0.1) is 29.1 Å². The highest BCUT2D eigenvalue weighted by Crippen LogP contribution is 2.27. The van der Waals surface area contributed by atoms with Crippen LogP contribution in [0.15, 0.2) is 36.4 Å². The van der Waals surface area contributed by atoms with E-state index in [4.69, 9.17) is 49.0 Å². The largest absolute Gasteiger partial charge is 0.460 e. The van der Waals surface area contributed by atoms with Crippen molar-refractivity contribution in [2.45, 2.75) is 108 Å². The molecule has 3 amide bonds. The Bertz CT molecular complexity index is 1720. The van der Waals surface area contributed by atoms with Crippen molar-refractivity contribution in [2.24, 2.45) is 5.41 Å². The van der Waals surface area contributed by atoms with Crippen LogP contribution < -0.4 is 16.1 Å². The van der Waals surface area contributed by atoms with Crippen LogP contribution in [0.3, 0.4) is 0 Å². The van der Waals surface area contributed by atoms with Crippen LogP contribution in [0.4, 0.5) is 13.6 Å². The number of nitrogens with zero attached hydrogens (tertiary/aromatic N) is 2. The molecule has 1 saturated heterocycles. The minimum absolute atomic E-state index is 0.169. The molecule has 54 heavy (non-hydrogen) atoms. The zero-order chi connectivity index (χ0) is 40.6. The van der Waals surface area contributed by atoms with Gasteiger partial charge in [0.2, 0.25) is 10.2 Å². The van der Waals surface area contributed by atoms with Gasteiger partial charge in [0.15, 0.2) is 6.10 Å². The quantitative estimate of drug-likeness (QED) is 0.118. The van der Waals surface area contributed by atoms with E-state index in [0.717, 1.165) is 10.4 Å². The van der Waals surface area contributed by atoms with Crippen molar-refractivity contribution in [3.05, 3.63) is 47.7 Å². The molecule has 0 aliphatic carbocycles. The average molecular weight is 821 g/mol. The van der Waals surface area contributed by atoms with Gasteiger partial charge in [0.1, 0.15) is 24.3 Å². The Balaban J connectivity index is 1.65. The first-order valence-electron chi connectivity index (χ1n) is 17.1. The Labute approximate surface area is 327 Å². The number of halogens is 5. The lowest BCUT2D eigenvalue weighted by Crippen LogP contribution is -2.60. The predicted molar refractivity (Wildman–Crippen MR) is 200 cm³/mol. The molecule has 0 spiro atoms. The number of hydrogen-bond donors (Lipinski definition) is 3. The van der Waals surface area contributed by atoms with Gasteiger partial charge in [-0.2, -0.15) is 0 Å². The fraction of sp³-hybridized carbons (Fsp3) is 0.556. The van der Waals surface area contributed by atoms with Crippen LogP contribution in [0.2, 0.25) is 0 Å². The minimum Gasteiger partial charge on any atom is -0.460 e. The Morgan fingerprint density at radius 1 is 1.04 bits per heavy atom. The van der Waals surface area contributed by atoms with Gasteiger partial charge in [-0.15, -0.1) is 0 Å². The highest BCUT2D eigenvalue weighted by molar-refractivity contribution is 6.67. The zero-order valence-electron chi connectivity index (χ0n) is 31.0. The third kappa shape index (κ3) is 14.1. The summed E-state index contributed by atoms with van der Waals surface area (Å²) in [5, 5.41) is 7.01. The smallest absolute Gasteiger partial charge is 0.408 e. The number of esters is 2. The van der Waals surface area contributed by atoms with Crippen LogP contribution in [0.1, 0.15) is 85.0 Å². The lowest BCUT2D eigenvalue weighted by atomic mass is 9.92. The molecular formula is C36H46Cl3F2N5O8. The van der Waals surface area contributed by atoms with E-state index < -0.39 is 88.3 Å². The summed E-state index contributed by atoms with van der Waals surface area (Å²) in [6, 6.07) is 6.38. The molecule has 0 saturated carbocycles. The summed E-state index contributed by atoms with van der Waals surface area (Å²) < 4.78 is 40.9. The maximum absolute atomic E-state index is 13.6. The van der Waals surface area contributed by atoms with E-state index in [-0.39, 0.29) is 6.54 Å². The highest BCUT2D eigenvalue weighted by Gasteiger charge is 2.37. The number of alkyl halides is 5. The Hall–Kier alpha value is -3.79. The number of fused-ring (bicyclic) bond motifs is 1. The average Bonchev–Trinajstić information content (AvgIpc) is 3.07. The van der Waals surface area contributed by atoms with Crippen LogP contribution in [0.5, 0.6) is 0 Å². The van der Waals surface area contributed by atoms with Gasteiger partial charge in [-0.05, 0) is 79.0 Å². The summed E-state index contributed by atoms with van der Waals surface area (Å²) in [6.07, 6.45) is -2.78. The number of hydrazine groups is 1. The summed E-state index contributed by atoms with van der Waals surface area (Å²) in [5.41, 5.74) is 2.52. The highest BCUT2D eigenvalue weighted by atomic mass is 35.6. The lowest BCUT2D eigenvalue weighted by molar-refractivity contribution is -0.164. The van der Waals surface area contributed by atoms with Crippen molar-refractivity contribution in [3.8, 4) is 0 Å². The number of hydrogen-bond acceptors (Lipinski definition) is 10. The number of carbonyl (C=O) groups excluding carboxylic acids is 5. The van der Waals surface area contributed by atoms with Crippen molar-refractivity contribution in [1.82, 2.24) is 26.1 Å². The molecule has 298 valence electrons. The van der Waals surface area contributed by atoms with Gasteiger partial charge in [0.25, 0.3) is 11.8 Å². The number of nitrogens with one attached hydrogen (secondary N) is 3. The van der Waals surface area contributed by atoms with Crippen molar-refractivity contribution in [1.29, 1.82) is 0 Å². The Morgan fingerprint density at radius 2 is 1.70 bits per heavy atom. The number of alkyl carbamates (subject to hydrolysis) is 1. The maximum atomic E-state index is 13.6. The first-order valence-corrected chi connectivity index (χ1v) is 18.3. The number of amides is 3. The molecule has 0 bridgehead atoms. The van der Waals surface area contributed by atoms with E-state index in [0.29, 0.717) is 29.6 Å². The Morgan fingerprint density at radius 3 is 2.33 bits per heavy atom. The molecular weight excluding hydrogens is 775 g/mol. The molecule has 4 atom stereocenters. The third-order valence-electron chi connectivity index (χ3n) is 7.91. The van der Waals surface area contributed by atoms with Crippen LogP contribution in [0.25, 0.3) is 17.0 Å². The lowest BCUT2D eigenvalue weighted by Gasteiger charge is -2.34. The van der Waals surface area contributed by atoms with E-state index in [1.54, 1.807) is 52.0 Å². The number of ether oxygens (including phenoxy) is 3. The molecule has 13 nitrogen and oxygen atoms in total. The summed E-state index contributed by atoms with van der Waals surface area (Å²) in [4.78, 5) is 68.8. The van der Waals surface area contributed by atoms with Crippen molar-refractivity contribution in [3.63, 3.8) is 0 Å². The minimum atomic E-state index is -3.02. The van der Waals surface area contributed by atoms with E-state index >= 15 is 0 Å². The molecule has 0 unspecified atom stereocenters. The van der Waals surface area contributed by atoms with E-state index in [1.165, 1.54) is 26.8 Å².